The standard InChI is InChI=1S/C6H12N2S.HI/c1-3-8-4-5(2)9-6(8)7;/h5,7H,3-4H2,1-2H3;1H. The van der Waals surface area contributed by atoms with Gasteiger partial charge in [-0.2, -0.15) is 0 Å². The second-order valence-corrected chi connectivity index (χ2v) is 3.70. The predicted molar refractivity (Wildman–Crippen MR) is 57.4 cm³/mol. The van der Waals surface area contributed by atoms with Crippen molar-refractivity contribution in [3.8, 4) is 0 Å². The van der Waals surface area contributed by atoms with Gasteiger partial charge in [-0.15, -0.1) is 24.0 Å². The van der Waals surface area contributed by atoms with Gasteiger partial charge in [0.25, 0.3) is 0 Å². The molecule has 0 aliphatic carbocycles. The zero-order valence-corrected chi connectivity index (χ0v) is 9.40. The van der Waals surface area contributed by atoms with E-state index >= 15 is 0 Å². The van der Waals surface area contributed by atoms with Crippen LogP contribution in [-0.4, -0.2) is 28.4 Å². The van der Waals surface area contributed by atoms with Gasteiger partial charge in [0, 0.05) is 18.3 Å². The molecule has 1 aliphatic rings. The van der Waals surface area contributed by atoms with Crippen molar-refractivity contribution in [1.29, 1.82) is 5.41 Å². The van der Waals surface area contributed by atoms with Gasteiger partial charge < -0.3 is 4.90 Å². The fraction of sp³-hybridized carbons (Fsp3) is 0.833. The van der Waals surface area contributed by atoms with Crippen LogP contribution in [0.2, 0.25) is 0 Å². The number of nitrogens with one attached hydrogen (secondary N) is 1. The van der Waals surface area contributed by atoms with Crippen LogP contribution in [0.25, 0.3) is 0 Å². The minimum absolute atomic E-state index is 0. The number of hydrogen-bond donors (Lipinski definition) is 1. The average molecular weight is 272 g/mol. The Morgan fingerprint density at radius 3 is 2.60 bits per heavy atom. The second kappa shape index (κ2) is 4.43. The van der Waals surface area contributed by atoms with Gasteiger partial charge in [0.1, 0.15) is 0 Å². The Kier molecular flexibility index (Phi) is 4.68. The first-order valence-electron chi connectivity index (χ1n) is 3.24. The number of thioether (sulfide) groups is 1. The molecule has 1 unspecified atom stereocenters. The average Bonchev–Trinajstić information content (AvgIpc) is 2.10. The molecule has 0 aromatic carbocycles. The van der Waals surface area contributed by atoms with Gasteiger partial charge in [0.05, 0.1) is 0 Å². The molecule has 1 N–H and O–H groups in total. The van der Waals surface area contributed by atoms with Crippen molar-refractivity contribution in [1.82, 2.24) is 4.90 Å². The van der Waals surface area contributed by atoms with Gasteiger partial charge in [0.15, 0.2) is 5.17 Å². The number of amidine groups is 1. The van der Waals surface area contributed by atoms with Crippen molar-refractivity contribution in [2.75, 3.05) is 13.1 Å². The molecule has 0 aromatic heterocycles. The van der Waals surface area contributed by atoms with Crippen molar-refractivity contribution in [3.05, 3.63) is 0 Å². The van der Waals surface area contributed by atoms with Crippen LogP contribution in [0.1, 0.15) is 13.8 Å². The summed E-state index contributed by atoms with van der Waals surface area (Å²) in [4.78, 5) is 2.09. The Morgan fingerprint density at radius 1 is 1.80 bits per heavy atom. The molecule has 0 aromatic rings. The Labute approximate surface area is 83.3 Å². The maximum absolute atomic E-state index is 7.43. The van der Waals surface area contributed by atoms with Crippen LogP contribution >= 0.6 is 35.7 Å². The van der Waals surface area contributed by atoms with Crippen molar-refractivity contribution < 1.29 is 0 Å². The summed E-state index contributed by atoms with van der Waals surface area (Å²) in [6.07, 6.45) is 0. The minimum atomic E-state index is 0. The van der Waals surface area contributed by atoms with Gasteiger partial charge in [-0.3, -0.25) is 5.41 Å². The van der Waals surface area contributed by atoms with Gasteiger partial charge in [-0.05, 0) is 6.92 Å². The first-order chi connectivity index (χ1) is 4.24. The van der Waals surface area contributed by atoms with E-state index in [-0.39, 0.29) is 24.0 Å². The van der Waals surface area contributed by atoms with E-state index in [1.54, 1.807) is 11.8 Å². The minimum Gasteiger partial charge on any atom is -0.351 e. The largest absolute Gasteiger partial charge is 0.351 e. The molecule has 10 heavy (non-hydrogen) atoms. The molecule has 1 saturated heterocycles. The zero-order valence-electron chi connectivity index (χ0n) is 6.26. The molecule has 0 radical (unpaired) electrons. The summed E-state index contributed by atoms with van der Waals surface area (Å²) in [7, 11) is 0. The maximum Gasteiger partial charge on any atom is 0.156 e. The predicted octanol–water partition coefficient (Wildman–Crippen LogP) is 2.00. The van der Waals surface area contributed by atoms with Crippen LogP contribution in [0.15, 0.2) is 0 Å². The highest BCUT2D eigenvalue weighted by Gasteiger charge is 2.21. The Balaban J connectivity index is 0.000000810. The highest BCUT2D eigenvalue weighted by Crippen LogP contribution is 2.22. The molecule has 0 spiro atoms. The van der Waals surface area contributed by atoms with Crippen molar-refractivity contribution in [3.63, 3.8) is 0 Å². The van der Waals surface area contributed by atoms with E-state index in [1.807, 2.05) is 0 Å². The van der Waals surface area contributed by atoms with E-state index in [1.165, 1.54) is 0 Å². The molecular weight excluding hydrogens is 259 g/mol. The summed E-state index contributed by atoms with van der Waals surface area (Å²) < 4.78 is 0. The highest BCUT2D eigenvalue weighted by molar-refractivity contribution is 14.0. The molecule has 1 atom stereocenters. The lowest BCUT2D eigenvalue weighted by Gasteiger charge is -2.12. The third-order valence-corrected chi connectivity index (χ3v) is 2.49. The van der Waals surface area contributed by atoms with E-state index in [0.717, 1.165) is 18.3 Å². The lowest BCUT2D eigenvalue weighted by atomic mass is 10.4. The number of nitrogens with zero attached hydrogens (tertiary/aromatic N) is 1. The molecule has 60 valence electrons. The van der Waals surface area contributed by atoms with Gasteiger partial charge in [-0.25, -0.2) is 0 Å². The van der Waals surface area contributed by atoms with Crippen molar-refractivity contribution >= 4 is 40.9 Å². The molecule has 0 amide bonds. The van der Waals surface area contributed by atoms with E-state index in [0.29, 0.717) is 5.25 Å². The third-order valence-electron chi connectivity index (χ3n) is 1.46. The smallest absolute Gasteiger partial charge is 0.156 e. The molecule has 4 heteroatoms. The monoisotopic (exact) mass is 272 g/mol. The fourth-order valence-corrected chi connectivity index (χ4v) is 1.96. The van der Waals surface area contributed by atoms with Gasteiger partial charge >= 0.3 is 0 Å². The van der Waals surface area contributed by atoms with Crippen LogP contribution in [0.4, 0.5) is 0 Å². The number of hydrogen-bond acceptors (Lipinski definition) is 2. The third kappa shape index (κ3) is 2.30. The molecule has 1 heterocycles. The van der Waals surface area contributed by atoms with Crippen LogP contribution in [-0.2, 0) is 0 Å². The molecule has 1 fully saturated rings. The van der Waals surface area contributed by atoms with E-state index in [9.17, 15) is 0 Å². The lowest BCUT2D eigenvalue weighted by Crippen LogP contribution is -2.23. The second-order valence-electron chi connectivity index (χ2n) is 2.27. The Hall–Kier alpha value is 0.550. The molecular formula is C6H13IN2S. The first-order valence-corrected chi connectivity index (χ1v) is 4.12. The Bertz CT molecular complexity index is 129. The van der Waals surface area contributed by atoms with Crippen LogP contribution in [0.3, 0.4) is 0 Å². The van der Waals surface area contributed by atoms with Gasteiger partial charge in [0.2, 0.25) is 0 Å². The molecule has 0 saturated carbocycles. The van der Waals surface area contributed by atoms with Gasteiger partial charge in [-0.1, -0.05) is 18.7 Å². The summed E-state index contributed by atoms with van der Waals surface area (Å²) in [6, 6.07) is 0. The number of rotatable bonds is 1. The summed E-state index contributed by atoms with van der Waals surface area (Å²) in [5, 5.41) is 8.79. The maximum atomic E-state index is 7.43. The lowest BCUT2D eigenvalue weighted by molar-refractivity contribution is 0.464. The van der Waals surface area contributed by atoms with Crippen LogP contribution < -0.4 is 0 Å². The quantitative estimate of drug-likeness (QED) is 0.739. The summed E-state index contributed by atoms with van der Waals surface area (Å²) >= 11 is 1.66. The van der Waals surface area contributed by atoms with Crippen molar-refractivity contribution in [2.45, 2.75) is 19.1 Å². The van der Waals surface area contributed by atoms with Crippen molar-refractivity contribution in [2.24, 2.45) is 0 Å². The molecule has 2 nitrogen and oxygen atoms in total. The highest BCUT2D eigenvalue weighted by atomic mass is 127. The molecule has 1 aliphatic heterocycles. The SMILES string of the molecule is CCN1CC(C)SC1=N.I. The van der Waals surface area contributed by atoms with Crippen LogP contribution in [0.5, 0.6) is 0 Å². The molecule has 0 bridgehead atoms. The summed E-state index contributed by atoms with van der Waals surface area (Å²) in [5.74, 6) is 0. The normalized spacial score (nSPS) is 24.8. The first kappa shape index (κ1) is 10.6. The fourth-order valence-electron chi connectivity index (χ4n) is 0.968. The topological polar surface area (TPSA) is 27.1 Å². The zero-order chi connectivity index (χ0) is 6.85. The Morgan fingerprint density at radius 2 is 2.40 bits per heavy atom. The van der Waals surface area contributed by atoms with Crippen LogP contribution in [0, 0.1) is 5.41 Å². The summed E-state index contributed by atoms with van der Waals surface area (Å²) in [6.45, 7) is 6.29. The van der Waals surface area contributed by atoms with E-state index in [4.69, 9.17) is 5.41 Å². The summed E-state index contributed by atoms with van der Waals surface area (Å²) in [5.41, 5.74) is 0. The van der Waals surface area contributed by atoms with E-state index < -0.39 is 0 Å². The number of halogens is 1. The molecule has 1 rings (SSSR count). The van der Waals surface area contributed by atoms with E-state index in [2.05, 4.69) is 18.7 Å².